The average molecular weight is 222 g/mol. The minimum absolute atomic E-state index is 0.718. The quantitative estimate of drug-likeness (QED) is 0.582. The number of hydrogen-bond acceptors (Lipinski definition) is 0. The Balaban J connectivity index is 2.00. The first-order chi connectivity index (χ1) is 7.72. The Kier molecular flexibility index (Phi) is 3.97. The predicted octanol–water partition coefficient (Wildman–Crippen LogP) is 5.42. The van der Waals surface area contributed by atoms with E-state index in [1.807, 2.05) is 0 Å². The molecule has 2 unspecified atom stereocenters. The van der Waals surface area contributed by atoms with Crippen LogP contribution in [0.2, 0.25) is 0 Å². The largest absolute Gasteiger partial charge is 0.0648 e. The van der Waals surface area contributed by atoms with Gasteiger partial charge < -0.3 is 0 Å². The minimum atomic E-state index is 0.718. The molecule has 0 bridgehead atoms. The summed E-state index contributed by atoms with van der Waals surface area (Å²) in [6.45, 7) is 7.35. The first-order valence-corrected chi connectivity index (χ1v) is 7.72. The molecule has 94 valence electrons. The molecule has 0 aromatic carbocycles. The van der Waals surface area contributed by atoms with Crippen LogP contribution in [-0.2, 0) is 0 Å². The molecule has 0 nitrogen and oxygen atoms in total. The van der Waals surface area contributed by atoms with Crippen LogP contribution in [0, 0.1) is 23.2 Å². The van der Waals surface area contributed by atoms with Gasteiger partial charge in [-0.15, -0.1) is 0 Å². The molecule has 2 aliphatic rings. The predicted molar refractivity (Wildman–Crippen MR) is 71.5 cm³/mol. The van der Waals surface area contributed by atoms with Crippen LogP contribution < -0.4 is 0 Å². The zero-order valence-electron chi connectivity index (χ0n) is 11.6. The van der Waals surface area contributed by atoms with Gasteiger partial charge in [0.15, 0.2) is 0 Å². The third-order valence-corrected chi connectivity index (χ3v) is 5.82. The van der Waals surface area contributed by atoms with Crippen molar-refractivity contribution in [1.29, 1.82) is 0 Å². The van der Waals surface area contributed by atoms with E-state index in [-0.39, 0.29) is 0 Å². The van der Waals surface area contributed by atoms with Crippen molar-refractivity contribution in [2.45, 2.75) is 78.6 Å². The summed E-state index contributed by atoms with van der Waals surface area (Å²) in [5.41, 5.74) is 0.718. The second-order valence-electron chi connectivity index (χ2n) is 6.58. The molecule has 0 amide bonds. The van der Waals surface area contributed by atoms with Crippen molar-refractivity contribution in [3.05, 3.63) is 0 Å². The summed E-state index contributed by atoms with van der Waals surface area (Å²) in [6, 6.07) is 0. The van der Waals surface area contributed by atoms with E-state index in [1.54, 1.807) is 6.42 Å². The molecule has 2 atom stereocenters. The molecule has 2 saturated carbocycles. The molecule has 2 rings (SSSR count). The molecule has 0 radical (unpaired) electrons. The van der Waals surface area contributed by atoms with Gasteiger partial charge in [0.2, 0.25) is 0 Å². The maximum atomic E-state index is 2.45. The van der Waals surface area contributed by atoms with Gasteiger partial charge in [0, 0.05) is 0 Å². The van der Waals surface area contributed by atoms with Gasteiger partial charge in [-0.25, -0.2) is 0 Å². The summed E-state index contributed by atoms with van der Waals surface area (Å²) < 4.78 is 0. The van der Waals surface area contributed by atoms with Crippen LogP contribution in [0.4, 0.5) is 0 Å². The van der Waals surface area contributed by atoms with Crippen molar-refractivity contribution in [1.82, 2.24) is 0 Å². The second-order valence-corrected chi connectivity index (χ2v) is 6.58. The van der Waals surface area contributed by atoms with Crippen molar-refractivity contribution in [2.75, 3.05) is 0 Å². The van der Waals surface area contributed by atoms with Gasteiger partial charge in [-0.1, -0.05) is 52.9 Å². The topological polar surface area (TPSA) is 0 Å². The summed E-state index contributed by atoms with van der Waals surface area (Å²) in [4.78, 5) is 0. The average Bonchev–Trinajstić information content (AvgIpc) is 3.03. The normalized spacial score (nSPS) is 31.7. The lowest BCUT2D eigenvalue weighted by atomic mass is 9.63. The molecule has 2 fully saturated rings. The van der Waals surface area contributed by atoms with Gasteiger partial charge in [-0.05, 0) is 48.9 Å². The third-order valence-electron chi connectivity index (χ3n) is 5.82. The molecule has 0 N–H and O–H groups in total. The molecular weight excluding hydrogens is 192 g/mol. The van der Waals surface area contributed by atoms with Crippen molar-refractivity contribution in [3.63, 3.8) is 0 Å². The van der Waals surface area contributed by atoms with Gasteiger partial charge in [0.05, 0.1) is 0 Å². The van der Waals surface area contributed by atoms with E-state index in [2.05, 4.69) is 20.8 Å². The standard InChI is InChI=1S/C16H30/c1-4-16(5-2,12-14-11-13(14)3)15-9-7-6-8-10-15/h13-15H,4-12H2,1-3H3. The first kappa shape index (κ1) is 12.5. The highest BCUT2D eigenvalue weighted by Crippen LogP contribution is 2.54. The molecule has 16 heavy (non-hydrogen) atoms. The number of hydrogen-bond donors (Lipinski definition) is 0. The van der Waals surface area contributed by atoms with Crippen LogP contribution in [0.5, 0.6) is 0 Å². The Hall–Kier alpha value is 0. The monoisotopic (exact) mass is 222 g/mol. The van der Waals surface area contributed by atoms with Gasteiger partial charge in [0.25, 0.3) is 0 Å². The molecule has 0 heterocycles. The van der Waals surface area contributed by atoms with Gasteiger partial charge in [-0.3, -0.25) is 0 Å². The van der Waals surface area contributed by atoms with Crippen LogP contribution in [0.25, 0.3) is 0 Å². The van der Waals surface area contributed by atoms with E-state index in [0.717, 1.165) is 23.2 Å². The van der Waals surface area contributed by atoms with E-state index >= 15 is 0 Å². The summed E-state index contributed by atoms with van der Waals surface area (Å²) in [5.74, 6) is 3.19. The van der Waals surface area contributed by atoms with E-state index in [9.17, 15) is 0 Å². The highest BCUT2D eigenvalue weighted by molar-refractivity contribution is 4.94. The van der Waals surface area contributed by atoms with Crippen LogP contribution in [0.1, 0.15) is 78.6 Å². The Morgan fingerprint density at radius 2 is 1.56 bits per heavy atom. The first-order valence-electron chi connectivity index (χ1n) is 7.72. The fraction of sp³-hybridized carbons (Fsp3) is 1.00. The fourth-order valence-corrected chi connectivity index (χ4v) is 4.20. The molecule has 0 aliphatic heterocycles. The molecule has 0 aromatic heterocycles. The maximum absolute atomic E-state index is 2.45. The SMILES string of the molecule is CCC(CC)(CC1CC1C)C1CCCCC1. The summed E-state index contributed by atoms with van der Waals surface area (Å²) in [5, 5.41) is 0. The van der Waals surface area contributed by atoms with Crippen LogP contribution >= 0.6 is 0 Å². The Morgan fingerprint density at radius 1 is 1.00 bits per heavy atom. The molecular formula is C16H30. The zero-order valence-corrected chi connectivity index (χ0v) is 11.6. The van der Waals surface area contributed by atoms with E-state index < -0.39 is 0 Å². The number of rotatable bonds is 5. The van der Waals surface area contributed by atoms with E-state index in [1.165, 1.54) is 51.4 Å². The summed E-state index contributed by atoms with van der Waals surface area (Å²) >= 11 is 0. The third kappa shape index (κ3) is 2.46. The Bertz CT molecular complexity index is 208. The Labute approximate surface area is 102 Å². The van der Waals surface area contributed by atoms with E-state index in [4.69, 9.17) is 0 Å². The van der Waals surface area contributed by atoms with Gasteiger partial charge >= 0.3 is 0 Å². The summed E-state index contributed by atoms with van der Waals surface area (Å²) in [7, 11) is 0. The lowest BCUT2D eigenvalue weighted by Crippen LogP contribution is -2.32. The minimum Gasteiger partial charge on any atom is -0.0648 e. The van der Waals surface area contributed by atoms with Crippen molar-refractivity contribution in [3.8, 4) is 0 Å². The van der Waals surface area contributed by atoms with Crippen molar-refractivity contribution < 1.29 is 0 Å². The molecule has 0 spiro atoms. The van der Waals surface area contributed by atoms with Crippen molar-refractivity contribution >= 4 is 0 Å². The lowest BCUT2D eigenvalue weighted by molar-refractivity contribution is 0.0839. The molecule has 0 saturated heterocycles. The zero-order chi connectivity index (χ0) is 11.6. The molecule has 0 aromatic rings. The highest BCUT2D eigenvalue weighted by atomic mass is 14.5. The Morgan fingerprint density at radius 3 is 2.00 bits per heavy atom. The maximum Gasteiger partial charge on any atom is -0.0272 e. The second kappa shape index (κ2) is 5.10. The van der Waals surface area contributed by atoms with Gasteiger partial charge in [0.1, 0.15) is 0 Å². The smallest absolute Gasteiger partial charge is 0.0272 e. The molecule has 2 aliphatic carbocycles. The molecule has 0 heteroatoms. The van der Waals surface area contributed by atoms with Crippen LogP contribution in [0.15, 0.2) is 0 Å². The lowest BCUT2D eigenvalue weighted by Gasteiger charge is -2.42. The van der Waals surface area contributed by atoms with Crippen molar-refractivity contribution in [2.24, 2.45) is 23.2 Å². The van der Waals surface area contributed by atoms with E-state index in [0.29, 0.717) is 0 Å². The fourth-order valence-electron chi connectivity index (χ4n) is 4.20. The van der Waals surface area contributed by atoms with Crippen LogP contribution in [-0.4, -0.2) is 0 Å². The summed E-state index contributed by atoms with van der Waals surface area (Å²) in [6.07, 6.45) is 13.5. The van der Waals surface area contributed by atoms with Gasteiger partial charge in [-0.2, -0.15) is 0 Å². The highest BCUT2D eigenvalue weighted by Gasteiger charge is 2.43. The van der Waals surface area contributed by atoms with Crippen LogP contribution in [0.3, 0.4) is 0 Å².